The number of carboxylic acids is 1. The average molecular weight is 277 g/mol. The topological polar surface area (TPSA) is 121 Å². The first-order valence-electron chi connectivity index (χ1n) is 5.09. The molecule has 1 aliphatic heterocycles. The van der Waals surface area contributed by atoms with Gasteiger partial charge >= 0.3 is 5.97 Å². The van der Waals surface area contributed by atoms with Gasteiger partial charge in [0.25, 0.3) is 6.47 Å². The van der Waals surface area contributed by atoms with Crippen LogP contribution >= 0.6 is 11.8 Å². The van der Waals surface area contributed by atoms with Crippen LogP contribution in [0.1, 0.15) is 19.8 Å². The van der Waals surface area contributed by atoms with Gasteiger partial charge in [-0.2, -0.15) is 0 Å². The van der Waals surface area contributed by atoms with Crippen molar-refractivity contribution in [1.82, 2.24) is 5.32 Å². The number of carbonyl (C=O) groups excluding carboxylic acids is 2. The Balaban J connectivity index is 0.000000873. The maximum Gasteiger partial charge on any atom is 0.306 e. The van der Waals surface area contributed by atoms with E-state index in [4.69, 9.17) is 15.0 Å². The van der Waals surface area contributed by atoms with Crippen LogP contribution in [0.25, 0.3) is 0 Å². The van der Waals surface area contributed by atoms with Crippen molar-refractivity contribution in [3.8, 4) is 0 Å². The van der Waals surface area contributed by atoms with E-state index in [-0.39, 0.29) is 30.9 Å². The zero-order chi connectivity index (χ0) is 14.2. The first-order valence-corrected chi connectivity index (χ1v) is 6.08. The molecule has 1 aliphatic rings. The van der Waals surface area contributed by atoms with Gasteiger partial charge in [-0.05, 0) is 6.92 Å². The molecule has 1 unspecified atom stereocenters. The fraction of sp³-hybridized carbons (Fsp3) is 0.600. The van der Waals surface area contributed by atoms with E-state index in [2.05, 4.69) is 5.32 Å². The molecule has 0 radical (unpaired) electrons. The van der Waals surface area contributed by atoms with Crippen LogP contribution in [0.15, 0.2) is 0 Å². The highest BCUT2D eigenvalue weighted by molar-refractivity contribution is 8.01. The smallest absolute Gasteiger partial charge is 0.306 e. The van der Waals surface area contributed by atoms with E-state index in [0.717, 1.165) is 0 Å². The lowest BCUT2D eigenvalue weighted by Crippen LogP contribution is -2.47. The maximum absolute atomic E-state index is 11.7. The zero-order valence-corrected chi connectivity index (χ0v) is 10.7. The van der Waals surface area contributed by atoms with Gasteiger partial charge in [0.15, 0.2) is 5.78 Å². The lowest BCUT2D eigenvalue weighted by Gasteiger charge is -2.24. The van der Waals surface area contributed by atoms with E-state index >= 15 is 0 Å². The van der Waals surface area contributed by atoms with E-state index in [1.807, 2.05) is 0 Å². The molecule has 0 saturated carbocycles. The van der Waals surface area contributed by atoms with Gasteiger partial charge in [-0.15, -0.1) is 11.8 Å². The van der Waals surface area contributed by atoms with Crippen molar-refractivity contribution in [2.75, 3.05) is 12.3 Å². The van der Waals surface area contributed by atoms with Gasteiger partial charge in [-0.3, -0.25) is 24.5 Å². The van der Waals surface area contributed by atoms with Crippen LogP contribution in [-0.4, -0.2) is 51.4 Å². The fourth-order valence-electron chi connectivity index (χ4n) is 1.50. The first-order chi connectivity index (χ1) is 8.38. The molecule has 0 bridgehead atoms. The first kappa shape index (κ1) is 16.6. The van der Waals surface area contributed by atoms with Crippen LogP contribution in [-0.2, 0) is 19.2 Å². The third kappa shape index (κ3) is 5.28. The van der Waals surface area contributed by atoms with Crippen molar-refractivity contribution in [3.63, 3.8) is 0 Å². The van der Waals surface area contributed by atoms with E-state index in [1.54, 1.807) is 0 Å². The predicted molar refractivity (Wildman–Crippen MR) is 64.4 cm³/mol. The molecule has 1 saturated heterocycles. The Morgan fingerprint density at radius 1 is 1.44 bits per heavy atom. The summed E-state index contributed by atoms with van der Waals surface area (Å²) in [5, 5.41) is 18.5. The van der Waals surface area contributed by atoms with Crippen molar-refractivity contribution in [3.05, 3.63) is 0 Å². The van der Waals surface area contributed by atoms with Crippen molar-refractivity contribution >= 4 is 35.8 Å². The quantitative estimate of drug-likeness (QED) is 0.464. The Labute approximate surface area is 108 Å². The van der Waals surface area contributed by atoms with Crippen LogP contribution in [0.4, 0.5) is 0 Å². The van der Waals surface area contributed by atoms with Crippen molar-refractivity contribution in [1.29, 1.82) is 0 Å². The number of Topliss-reactive ketones (excluding diaryl/α,β-unsaturated/α-hetero) is 2. The zero-order valence-electron chi connectivity index (χ0n) is 9.84. The molecule has 0 aliphatic carbocycles. The molecule has 18 heavy (non-hydrogen) atoms. The summed E-state index contributed by atoms with van der Waals surface area (Å²) in [6.07, 6.45) is -0.475. The number of nitrogens with one attached hydrogen (secondary N) is 1. The highest BCUT2D eigenvalue weighted by Crippen LogP contribution is 2.32. The molecule has 1 fully saturated rings. The summed E-state index contributed by atoms with van der Waals surface area (Å²) in [4.78, 5) is 40.5. The number of carbonyl (C=O) groups is 4. The minimum absolute atomic E-state index is 0.201. The molecule has 0 aromatic rings. The van der Waals surface area contributed by atoms with E-state index in [1.165, 1.54) is 18.7 Å². The van der Waals surface area contributed by atoms with Crippen LogP contribution < -0.4 is 5.32 Å². The summed E-state index contributed by atoms with van der Waals surface area (Å²) in [5.41, 5.74) is 0. The number of hydrogen-bond acceptors (Lipinski definition) is 6. The summed E-state index contributed by atoms with van der Waals surface area (Å²) in [7, 11) is 0. The highest BCUT2D eigenvalue weighted by atomic mass is 32.2. The fourth-order valence-corrected chi connectivity index (χ4v) is 2.72. The van der Waals surface area contributed by atoms with Crippen molar-refractivity contribution < 1.29 is 29.4 Å². The van der Waals surface area contributed by atoms with Crippen molar-refractivity contribution in [2.24, 2.45) is 0 Å². The summed E-state index contributed by atoms with van der Waals surface area (Å²) in [5.74, 6) is -0.913. The Morgan fingerprint density at radius 2 is 2.00 bits per heavy atom. The molecule has 0 aromatic heterocycles. The second kappa shape index (κ2) is 7.83. The number of thioether (sulfide) groups is 1. The summed E-state index contributed by atoms with van der Waals surface area (Å²) in [6, 6.07) is 0. The van der Waals surface area contributed by atoms with Crippen LogP contribution in [0.3, 0.4) is 0 Å². The summed E-state index contributed by atoms with van der Waals surface area (Å²) in [6.45, 7) is 1.67. The van der Waals surface area contributed by atoms with Crippen LogP contribution in [0.2, 0.25) is 0 Å². The molecule has 0 amide bonds. The van der Waals surface area contributed by atoms with Gasteiger partial charge in [0.05, 0.1) is 12.8 Å². The third-order valence-electron chi connectivity index (χ3n) is 2.12. The van der Waals surface area contributed by atoms with Gasteiger partial charge in [-0.1, -0.05) is 0 Å². The second-order valence-corrected chi connectivity index (χ2v) is 4.97. The standard InChI is InChI=1S/C9H13NO4S.CH2O2/c1-6(11)4-7(12)9(5-8(13)14)10-2-3-15-9;2-1-3/h10H,2-5H2,1H3,(H,13,14);1H,(H,2,3). The van der Waals surface area contributed by atoms with Crippen LogP contribution in [0, 0.1) is 0 Å². The molecular formula is C10H15NO6S. The van der Waals surface area contributed by atoms with Gasteiger partial charge in [-0.25, -0.2) is 0 Å². The van der Waals surface area contributed by atoms with E-state index in [0.29, 0.717) is 12.3 Å². The predicted octanol–water partition coefficient (Wildman–Crippen LogP) is -0.257. The van der Waals surface area contributed by atoms with Crippen molar-refractivity contribution in [2.45, 2.75) is 24.6 Å². The molecule has 0 spiro atoms. The second-order valence-electron chi connectivity index (χ2n) is 3.58. The van der Waals surface area contributed by atoms with Crippen LogP contribution in [0.5, 0.6) is 0 Å². The third-order valence-corrected chi connectivity index (χ3v) is 3.54. The molecular weight excluding hydrogens is 262 g/mol. The summed E-state index contributed by atoms with van der Waals surface area (Å²) < 4.78 is 0. The number of rotatable bonds is 5. The van der Waals surface area contributed by atoms with E-state index < -0.39 is 10.8 Å². The molecule has 1 heterocycles. The van der Waals surface area contributed by atoms with Gasteiger partial charge in [0.1, 0.15) is 10.7 Å². The minimum atomic E-state index is -1.09. The normalized spacial score (nSPS) is 21.6. The minimum Gasteiger partial charge on any atom is -0.483 e. The molecule has 1 rings (SSSR count). The molecule has 7 nitrogen and oxygen atoms in total. The van der Waals surface area contributed by atoms with Gasteiger partial charge in [0, 0.05) is 12.3 Å². The maximum atomic E-state index is 11.7. The Morgan fingerprint density at radius 3 is 2.33 bits per heavy atom. The number of hydrogen-bond donors (Lipinski definition) is 3. The lowest BCUT2D eigenvalue weighted by molar-refractivity contribution is -0.140. The Hall–Kier alpha value is -1.41. The van der Waals surface area contributed by atoms with E-state index in [9.17, 15) is 14.4 Å². The molecule has 1 atom stereocenters. The van der Waals surface area contributed by atoms with Gasteiger partial charge < -0.3 is 10.2 Å². The molecule has 0 aromatic carbocycles. The Bertz CT molecular complexity index is 337. The average Bonchev–Trinajstić information content (AvgIpc) is 2.66. The summed E-state index contributed by atoms with van der Waals surface area (Å²) >= 11 is 1.27. The van der Waals surface area contributed by atoms with Gasteiger partial charge in [0.2, 0.25) is 0 Å². The monoisotopic (exact) mass is 277 g/mol. The largest absolute Gasteiger partial charge is 0.483 e. The number of ketones is 2. The lowest BCUT2D eigenvalue weighted by atomic mass is 10.0. The molecule has 102 valence electrons. The molecule has 3 N–H and O–H groups in total. The number of carboxylic acid groups (broad SMARTS) is 2. The SMILES string of the molecule is CC(=O)CC(=O)C1(CC(=O)O)NCCS1.O=CO. The molecule has 8 heteroatoms. The number of aliphatic carboxylic acids is 1. The Kier molecular flexibility index (Phi) is 7.21. The highest BCUT2D eigenvalue weighted by Gasteiger charge is 2.43.